The van der Waals surface area contributed by atoms with E-state index in [1.54, 1.807) is 6.20 Å². The maximum atomic E-state index is 8.77. The van der Waals surface area contributed by atoms with E-state index in [1.807, 2.05) is 24.7 Å². The molecular weight excluding hydrogens is 154 g/mol. The Labute approximate surface area is 72.0 Å². The average Bonchev–Trinajstić information content (AvgIpc) is 2.51. The topological polar surface area (TPSA) is 64.1 Å². The molecule has 12 heavy (non-hydrogen) atoms. The summed E-state index contributed by atoms with van der Waals surface area (Å²) in [6.07, 6.45) is 3.56. The molecule has 1 heterocycles. The molecule has 0 aliphatic rings. The summed E-state index contributed by atoms with van der Waals surface area (Å²) in [6.45, 7) is 4.05. The standard InChI is InChI=1S/C8H15N3O/c1-6(2)11-4-7(3-10-11)8(9)5-12/h3-4,6,8,12H,5,9H2,1-2H3/t8-/m0/s1. The van der Waals surface area contributed by atoms with Crippen LogP contribution >= 0.6 is 0 Å². The van der Waals surface area contributed by atoms with E-state index in [9.17, 15) is 0 Å². The van der Waals surface area contributed by atoms with Crippen molar-refractivity contribution in [3.05, 3.63) is 18.0 Å². The summed E-state index contributed by atoms with van der Waals surface area (Å²) in [6, 6.07) is 0.0298. The highest BCUT2D eigenvalue weighted by atomic mass is 16.3. The minimum atomic E-state index is -0.308. The molecule has 0 aromatic carbocycles. The van der Waals surface area contributed by atoms with Crippen molar-refractivity contribution in [2.45, 2.75) is 25.9 Å². The fraction of sp³-hybridized carbons (Fsp3) is 0.625. The largest absolute Gasteiger partial charge is 0.394 e. The van der Waals surface area contributed by atoms with Crippen LogP contribution < -0.4 is 5.73 Å². The molecular formula is C8H15N3O. The van der Waals surface area contributed by atoms with E-state index >= 15 is 0 Å². The van der Waals surface area contributed by atoms with Crippen molar-refractivity contribution in [3.8, 4) is 0 Å². The third-order valence-corrected chi connectivity index (χ3v) is 1.78. The summed E-state index contributed by atoms with van der Waals surface area (Å²) < 4.78 is 1.82. The fourth-order valence-electron chi connectivity index (χ4n) is 0.932. The molecule has 1 rings (SSSR count). The van der Waals surface area contributed by atoms with Crippen LogP contribution in [0.5, 0.6) is 0 Å². The molecule has 1 aromatic heterocycles. The van der Waals surface area contributed by atoms with Gasteiger partial charge in [-0.05, 0) is 13.8 Å². The van der Waals surface area contributed by atoms with Gasteiger partial charge < -0.3 is 10.8 Å². The van der Waals surface area contributed by atoms with Gasteiger partial charge in [0.2, 0.25) is 0 Å². The molecule has 0 spiro atoms. The number of nitrogens with zero attached hydrogens (tertiary/aromatic N) is 2. The molecule has 0 unspecified atom stereocenters. The predicted octanol–water partition coefficient (Wildman–Crippen LogP) is 0.456. The summed E-state index contributed by atoms with van der Waals surface area (Å²) >= 11 is 0. The van der Waals surface area contributed by atoms with Crippen LogP contribution in [-0.2, 0) is 0 Å². The van der Waals surface area contributed by atoms with Crippen LogP contribution in [0, 0.1) is 0 Å². The molecule has 4 nitrogen and oxygen atoms in total. The highest BCUT2D eigenvalue weighted by Gasteiger charge is 2.07. The summed E-state index contributed by atoms with van der Waals surface area (Å²) in [5.74, 6) is 0. The SMILES string of the molecule is CC(C)n1cc([C@@H](N)CO)cn1. The first-order valence-electron chi connectivity index (χ1n) is 4.05. The van der Waals surface area contributed by atoms with Crippen molar-refractivity contribution in [1.82, 2.24) is 9.78 Å². The Morgan fingerprint density at radius 1 is 1.67 bits per heavy atom. The lowest BCUT2D eigenvalue weighted by Gasteiger charge is -2.05. The van der Waals surface area contributed by atoms with Crippen molar-refractivity contribution in [1.29, 1.82) is 0 Å². The van der Waals surface area contributed by atoms with Crippen LogP contribution in [0.15, 0.2) is 12.4 Å². The van der Waals surface area contributed by atoms with E-state index in [-0.39, 0.29) is 12.6 Å². The van der Waals surface area contributed by atoms with Gasteiger partial charge in [-0.25, -0.2) is 0 Å². The van der Waals surface area contributed by atoms with Crippen molar-refractivity contribution in [2.75, 3.05) is 6.61 Å². The van der Waals surface area contributed by atoms with Gasteiger partial charge in [-0.2, -0.15) is 5.10 Å². The maximum Gasteiger partial charge on any atom is 0.0625 e. The highest BCUT2D eigenvalue weighted by Crippen LogP contribution is 2.10. The lowest BCUT2D eigenvalue weighted by molar-refractivity contribution is 0.268. The van der Waals surface area contributed by atoms with Crippen LogP contribution in [0.4, 0.5) is 0 Å². The van der Waals surface area contributed by atoms with Crippen molar-refractivity contribution < 1.29 is 5.11 Å². The quantitative estimate of drug-likeness (QED) is 0.690. The first-order chi connectivity index (χ1) is 5.65. The van der Waals surface area contributed by atoms with Gasteiger partial charge in [0.1, 0.15) is 0 Å². The normalized spacial score (nSPS) is 13.8. The first kappa shape index (κ1) is 9.22. The molecule has 0 aliphatic heterocycles. The van der Waals surface area contributed by atoms with Crippen LogP contribution in [0.25, 0.3) is 0 Å². The van der Waals surface area contributed by atoms with E-state index in [0.717, 1.165) is 5.56 Å². The zero-order chi connectivity index (χ0) is 9.14. The van der Waals surface area contributed by atoms with Crippen LogP contribution in [-0.4, -0.2) is 21.5 Å². The Hall–Kier alpha value is -0.870. The second-order valence-electron chi connectivity index (χ2n) is 3.14. The summed E-state index contributed by atoms with van der Waals surface area (Å²) in [5.41, 5.74) is 6.49. The number of aliphatic hydroxyl groups is 1. The minimum absolute atomic E-state index is 0.0379. The Morgan fingerprint density at radius 2 is 2.33 bits per heavy atom. The molecule has 0 fully saturated rings. The zero-order valence-electron chi connectivity index (χ0n) is 7.44. The number of hydrogen-bond donors (Lipinski definition) is 2. The van der Waals surface area contributed by atoms with E-state index in [0.29, 0.717) is 6.04 Å². The number of hydrogen-bond acceptors (Lipinski definition) is 3. The third kappa shape index (κ3) is 1.84. The molecule has 0 saturated heterocycles. The molecule has 0 amide bonds. The Morgan fingerprint density at radius 3 is 2.75 bits per heavy atom. The molecule has 1 atom stereocenters. The number of nitrogens with two attached hydrogens (primary N) is 1. The fourth-order valence-corrected chi connectivity index (χ4v) is 0.932. The van der Waals surface area contributed by atoms with Crippen molar-refractivity contribution >= 4 is 0 Å². The van der Waals surface area contributed by atoms with Crippen molar-refractivity contribution in [3.63, 3.8) is 0 Å². The van der Waals surface area contributed by atoms with Crippen LogP contribution in [0.2, 0.25) is 0 Å². The van der Waals surface area contributed by atoms with E-state index in [1.165, 1.54) is 0 Å². The van der Waals surface area contributed by atoms with Gasteiger partial charge in [-0.15, -0.1) is 0 Å². The first-order valence-corrected chi connectivity index (χ1v) is 4.05. The molecule has 1 aromatic rings. The van der Waals surface area contributed by atoms with Crippen molar-refractivity contribution in [2.24, 2.45) is 5.73 Å². The third-order valence-electron chi connectivity index (χ3n) is 1.78. The van der Waals surface area contributed by atoms with Gasteiger partial charge >= 0.3 is 0 Å². The Balaban J connectivity index is 2.77. The Kier molecular flexibility index (Phi) is 2.83. The maximum absolute atomic E-state index is 8.77. The number of aliphatic hydroxyl groups excluding tert-OH is 1. The molecule has 0 saturated carbocycles. The van der Waals surface area contributed by atoms with E-state index in [2.05, 4.69) is 5.10 Å². The molecule has 4 heteroatoms. The lowest BCUT2D eigenvalue weighted by atomic mass is 10.2. The van der Waals surface area contributed by atoms with Crippen LogP contribution in [0.3, 0.4) is 0 Å². The highest BCUT2D eigenvalue weighted by molar-refractivity contribution is 5.09. The monoisotopic (exact) mass is 169 g/mol. The second-order valence-corrected chi connectivity index (χ2v) is 3.14. The second kappa shape index (κ2) is 3.69. The lowest BCUT2D eigenvalue weighted by Crippen LogP contribution is -2.13. The van der Waals surface area contributed by atoms with E-state index in [4.69, 9.17) is 10.8 Å². The molecule has 68 valence electrons. The zero-order valence-corrected chi connectivity index (χ0v) is 7.44. The molecule has 0 radical (unpaired) electrons. The molecule has 0 aliphatic carbocycles. The van der Waals surface area contributed by atoms with E-state index < -0.39 is 0 Å². The van der Waals surface area contributed by atoms with Gasteiger partial charge in [0.15, 0.2) is 0 Å². The smallest absolute Gasteiger partial charge is 0.0625 e. The predicted molar refractivity (Wildman–Crippen MR) is 46.6 cm³/mol. The Bertz CT molecular complexity index is 244. The minimum Gasteiger partial charge on any atom is -0.394 e. The summed E-state index contributed by atoms with van der Waals surface area (Å²) in [7, 11) is 0. The van der Waals surface area contributed by atoms with Gasteiger partial charge in [-0.3, -0.25) is 4.68 Å². The molecule has 0 bridgehead atoms. The average molecular weight is 169 g/mol. The summed E-state index contributed by atoms with van der Waals surface area (Å²) in [5, 5.41) is 12.9. The van der Waals surface area contributed by atoms with Gasteiger partial charge in [-0.1, -0.05) is 0 Å². The van der Waals surface area contributed by atoms with Gasteiger partial charge in [0.25, 0.3) is 0 Å². The number of aromatic nitrogens is 2. The van der Waals surface area contributed by atoms with Crippen LogP contribution in [0.1, 0.15) is 31.5 Å². The van der Waals surface area contributed by atoms with Gasteiger partial charge in [0.05, 0.1) is 18.8 Å². The summed E-state index contributed by atoms with van der Waals surface area (Å²) in [4.78, 5) is 0. The number of rotatable bonds is 3. The van der Waals surface area contributed by atoms with Gasteiger partial charge in [0, 0.05) is 17.8 Å². The molecule has 3 N–H and O–H groups in total.